The van der Waals surface area contributed by atoms with Crippen molar-refractivity contribution in [3.8, 4) is 0 Å². The molecule has 2 N–H and O–H groups in total. The van der Waals surface area contributed by atoms with Crippen LogP contribution in [0.2, 0.25) is 0 Å². The van der Waals surface area contributed by atoms with Gasteiger partial charge in [-0.1, -0.05) is 0 Å². The number of hydrogen-bond donors (Lipinski definition) is 2. The van der Waals surface area contributed by atoms with Crippen LogP contribution in [-0.2, 0) is 6.54 Å². The number of nitrogens with one attached hydrogen (secondary N) is 2. The van der Waals surface area contributed by atoms with Gasteiger partial charge in [0.15, 0.2) is 11.6 Å². The first kappa shape index (κ1) is 16.4. The molecule has 0 aliphatic heterocycles. The lowest BCUT2D eigenvalue weighted by molar-refractivity contribution is 0.102. The fraction of sp³-hybridized carbons (Fsp3) is 0.0588. The van der Waals surface area contributed by atoms with Crippen LogP contribution in [0.5, 0.6) is 0 Å². The van der Waals surface area contributed by atoms with Gasteiger partial charge in [0.2, 0.25) is 0 Å². The highest BCUT2D eigenvalue weighted by atomic mass is 19.2. The Morgan fingerprint density at radius 1 is 1.00 bits per heavy atom. The van der Waals surface area contributed by atoms with Gasteiger partial charge in [0.1, 0.15) is 17.8 Å². The van der Waals surface area contributed by atoms with E-state index in [9.17, 15) is 13.6 Å². The molecule has 2 aromatic heterocycles. The van der Waals surface area contributed by atoms with E-state index in [0.717, 1.165) is 17.7 Å². The van der Waals surface area contributed by atoms with Crippen molar-refractivity contribution < 1.29 is 13.6 Å². The van der Waals surface area contributed by atoms with E-state index in [1.807, 2.05) is 12.1 Å². The van der Waals surface area contributed by atoms with Gasteiger partial charge < -0.3 is 10.6 Å². The van der Waals surface area contributed by atoms with Gasteiger partial charge in [-0.05, 0) is 29.8 Å². The van der Waals surface area contributed by atoms with Gasteiger partial charge >= 0.3 is 0 Å². The Bertz CT molecular complexity index is 889. The van der Waals surface area contributed by atoms with Crippen molar-refractivity contribution in [1.29, 1.82) is 0 Å². The van der Waals surface area contributed by atoms with Gasteiger partial charge in [-0.15, -0.1) is 0 Å². The molecule has 0 saturated carbocycles. The lowest BCUT2D eigenvalue weighted by Crippen LogP contribution is -2.15. The molecule has 0 atom stereocenters. The summed E-state index contributed by atoms with van der Waals surface area (Å²) in [5.74, 6) is -2.12. The molecule has 0 unspecified atom stereocenters. The number of nitrogens with zero attached hydrogens (tertiary/aromatic N) is 3. The second-order valence-corrected chi connectivity index (χ2v) is 5.08. The van der Waals surface area contributed by atoms with Gasteiger partial charge in [0.05, 0.1) is 0 Å². The maximum Gasteiger partial charge on any atom is 0.274 e. The van der Waals surface area contributed by atoms with Crippen molar-refractivity contribution in [1.82, 2.24) is 15.0 Å². The number of amides is 1. The predicted molar refractivity (Wildman–Crippen MR) is 87.9 cm³/mol. The lowest BCUT2D eigenvalue weighted by atomic mass is 10.2. The topological polar surface area (TPSA) is 79.8 Å². The number of rotatable bonds is 5. The first-order valence-corrected chi connectivity index (χ1v) is 7.33. The summed E-state index contributed by atoms with van der Waals surface area (Å²) in [4.78, 5) is 24.0. The molecule has 25 heavy (non-hydrogen) atoms. The summed E-state index contributed by atoms with van der Waals surface area (Å²) in [5, 5.41) is 5.52. The van der Waals surface area contributed by atoms with Crippen LogP contribution in [0.3, 0.4) is 0 Å². The van der Waals surface area contributed by atoms with E-state index in [1.165, 1.54) is 18.5 Å². The molecule has 2 heterocycles. The molecule has 0 spiro atoms. The molecule has 1 aromatic carbocycles. The number of halogens is 2. The number of aromatic nitrogens is 3. The summed E-state index contributed by atoms with van der Waals surface area (Å²) in [6, 6.07) is 8.27. The molecule has 8 heteroatoms. The van der Waals surface area contributed by atoms with Crippen LogP contribution in [0.1, 0.15) is 16.1 Å². The van der Waals surface area contributed by atoms with Crippen LogP contribution in [0.4, 0.5) is 20.3 Å². The van der Waals surface area contributed by atoms with E-state index in [4.69, 9.17) is 0 Å². The Labute approximate surface area is 142 Å². The molecule has 0 bridgehead atoms. The van der Waals surface area contributed by atoms with Crippen molar-refractivity contribution in [2.24, 2.45) is 0 Å². The SMILES string of the molecule is O=C(Nc1ccc(F)c(F)c1)c1cc(NCc2ccncc2)ncn1. The highest BCUT2D eigenvalue weighted by Gasteiger charge is 2.11. The number of pyridine rings is 1. The van der Waals surface area contributed by atoms with Crippen LogP contribution >= 0.6 is 0 Å². The number of carbonyl (C=O) groups is 1. The fourth-order valence-corrected chi connectivity index (χ4v) is 2.04. The average molecular weight is 341 g/mol. The molecular weight excluding hydrogens is 328 g/mol. The van der Waals surface area contributed by atoms with Crippen molar-refractivity contribution in [3.63, 3.8) is 0 Å². The van der Waals surface area contributed by atoms with E-state index < -0.39 is 17.5 Å². The summed E-state index contributed by atoms with van der Waals surface area (Å²) < 4.78 is 26.1. The van der Waals surface area contributed by atoms with E-state index in [1.54, 1.807) is 12.4 Å². The van der Waals surface area contributed by atoms with Crippen LogP contribution in [0.25, 0.3) is 0 Å². The van der Waals surface area contributed by atoms with Gasteiger partial charge in [-0.25, -0.2) is 18.7 Å². The van der Waals surface area contributed by atoms with Crippen LogP contribution in [0, 0.1) is 11.6 Å². The molecule has 0 aliphatic rings. The summed E-state index contributed by atoms with van der Waals surface area (Å²) >= 11 is 0. The zero-order valence-corrected chi connectivity index (χ0v) is 12.9. The van der Waals surface area contributed by atoms with Gasteiger partial charge in [0, 0.05) is 36.8 Å². The first-order valence-electron chi connectivity index (χ1n) is 7.33. The molecule has 0 radical (unpaired) electrons. The highest BCUT2D eigenvalue weighted by Crippen LogP contribution is 2.14. The summed E-state index contributed by atoms with van der Waals surface area (Å²) in [5.41, 5.74) is 1.23. The van der Waals surface area contributed by atoms with Crippen molar-refractivity contribution in [2.45, 2.75) is 6.54 Å². The van der Waals surface area contributed by atoms with Gasteiger partial charge in [0.25, 0.3) is 5.91 Å². The third-order valence-corrected chi connectivity index (χ3v) is 3.30. The smallest absolute Gasteiger partial charge is 0.274 e. The standard InChI is InChI=1S/C17H13F2N5O/c18-13-2-1-12(7-14(13)19)24-17(25)15-8-16(23-10-22-15)21-9-11-3-5-20-6-4-11/h1-8,10H,9H2,(H,24,25)(H,21,22,23). The average Bonchev–Trinajstić information content (AvgIpc) is 2.64. The lowest BCUT2D eigenvalue weighted by Gasteiger charge is -2.08. The Kier molecular flexibility index (Phi) is 4.89. The third kappa shape index (κ3) is 4.31. The first-order chi connectivity index (χ1) is 12.1. The number of carbonyl (C=O) groups excluding carboxylic acids is 1. The maximum atomic E-state index is 13.2. The molecule has 0 aliphatic carbocycles. The molecule has 0 fully saturated rings. The Hall–Kier alpha value is -3.42. The van der Waals surface area contributed by atoms with E-state index >= 15 is 0 Å². The molecule has 0 saturated heterocycles. The summed E-state index contributed by atoms with van der Waals surface area (Å²) in [7, 11) is 0. The largest absolute Gasteiger partial charge is 0.366 e. The fourth-order valence-electron chi connectivity index (χ4n) is 2.04. The minimum absolute atomic E-state index is 0.0944. The van der Waals surface area contributed by atoms with Gasteiger partial charge in [-0.3, -0.25) is 9.78 Å². The summed E-state index contributed by atoms with van der Waals surface area (Å²) in [6.07, 6.45) is 4.60. The Morgan fingerprint density at radius 3 is 2.56 bits per heavy atom. The zero-order valence-electron chi connectivity index (χ0n) is 12.9. The van der Waals surface area contributed by atoms with Crippen LogP contribution in [0.15, 0.2) is 55.1 Å². The van der Waals surface area contributed by atoms with Crippen molar-refractivity contribution >= 4 is 17.4 Å². The Morgan fingerprint density at radius 2 is 1.80 bits per heavy atom. The Balaban J connectivity index is 1.67. The highest BCUT2D eigenvalue weighted by molar-refractivity contribution is 6.03. The van der Waals surface area contributed by atoms with Crippen molar-refractivity contribution in [3.05, 3.63) is 78.0 Å². The molecular formula is C17H13F2N5O. The third-order valence-electron chi connectivity index (χ3n) is 3.30. The van der Waals surface area contributed by atoms with E-state index in [0.29, 0.717) is 12.4 Å². The van der Waals surface area contributed by atoms with Crippen LogP contribution in [-0.4, -0.2) is 20.9 Å². The second kappa shape index (κ2) is 7.43. The zero-order chi connectivity index (χ0) is 17.6. The molecule has 3 rings (SSSR count). The maximum absolute atomic E-state index is 13.2. The van der Waals surface area contributed by atoms with Crippen LogP contribution < -0.4 is 10.6 Å². The van der Waals surface area contributed by atoms with E-state index in [2.05, 4.69) is 25.6 Å². The normalized spacial score (nSPS) is 10.3. The molecule has 3 aromatic rings. The molecule has 1 amide bonds. The number of anilines is 2. The number of benzene rings is 1. The monoisotopic (exact) mass is 341 g/mol. The second-order valence-electron chi connectivity index (χ2n) is 5.08. The minimum Gasteiger partial charge on any atom is -0.366 e. The number of hydrogen-bond acceptors (Lipinski definition) is 5. The van der Waals surface area contributed by atoms with E-state index in [-0.39, 0.29) is 11.4 Å². The quantitative estimate of drug-likeness (QED) is 0.746. The predicted octanol–water partition coefficient (Wildman–Crippen LogP) is 3.01. The summed E-state index contributed by atoms with van der Waals surface area (Å²) in [6.45, 7) is 0.504. The minimum atomic E-state index is -1.04. The van der Waals surface area contributed by atoms with Gasteiger partial charge in [-0.2, -0.15) is 0 Å². The molecule has 126 valence electrons. The molecule has 6 nitrogen and oxygen atoms in total. The van der Waals surface area contributed by atoms with Crippen molar-refractivity contribution in [2.75, 3.05) is 10.6 Å².